The smallest absolute Gasteiger partial charge is 0.189 e. The molecule has 0 bridgehead atoms. The highest BCUT2D eigenvalue weighted by molar-refractivity contribution is 7.99. The second-order valence-corrected chi connectivity index (χ2v) is 4.73. The van der Waals surface area contributed by atoms with Crippen molar-refractivity contribution in [1.82, 2.24) is 4.98 Å². The van der Waals surface area contributed by atoms with Crippen LogP contribution in [0.4, 0.5) is 0 Å². The molecule has 0 amide bonds. The lowest BCUT2D eigenvalue weighted by molar-refractivity contribution is 0.318. The number of nitrogens with zero attached hydrogens (tertiary/aromatic N) is 2. The molecule has 6 heteroatoms. The van der Waals surface area contributed by atoms with Gasteiger partial charge in [0.25, 0.3) is 0 Å². The summed E-state index contributed by atoms with van der Waals surface area (Å²) in [4.78, 5) is 5.95. The highest BCUT2D eigenvalue weighted by Crippen LogP contribution is 2.30. The fourth-order valence-electron chi connectivity index (χ4n) is 1.48. The van der Waals surface area contributed by atoms with Crippen LogP contribution in [0.5, 0.6) is 5.75 Å². The third-order valence-electron chi connectivity index (χ3n) is 2.41. The van der Waals surface area contributed by atoms with Crippen molar-refractivity contribution < 1.29 is 9.94 Å². The lowest BCUT2D eigenvalue weighted by atomic mass is 10.3. The number of aromatic nitrogens is 1. The highest BCUT2D eigenvalue weighted by Gasteiger charge is 2.09. The molecule has 1 aromatic carbocycles. The average molecular weight is 275 g/mol. The first-order chi connectivity index (χ1) is 9.24. The van der Waals surface area contributed by atoms with E-state index in [1.165, 1.54) is 11.8 Å². The van der Waals surface area contributed by atoms with Crippen LogP contribution in [0.2, 0.25) is 0 Å². The molecule has 0 radical (unpaired) electrons. The number of nitrogens with two attached hydrogens (primary N) is 1. The zero-order valence-corrected chi connectivity index (χ0v) is 11.1. The van der Waals surface area contributed by atoms with Crippen molar-refractivity contribution in [2.45, 2.75) is 9.79 Å². The molecule has 1 heterocycles. The van der Waals surface area contributed by atoms with E-state index < -0.39 is 0 Å². The number of ether oxygens (including phenoxy) is 1. The second-order valence-electron chi connectivity index (χ2n) is 3.61. The molecule has 0 fully saturated rings. The number of benzene rings is 1. The van der Waals surface area contributed by atoms with E-state index in [1.54, 1.807) is 19.4 Å². The van der Waals surface area contributed by atoms with Crippen LogP contribution in [0, 0.1) is 0 Å². The van der Waals surface area contributed by atoms with Gasteiger partial charge in [0.15, 0.2) is 5.84 Å². The summed E-state index contributed by atoms with van der Waals surface area (Å²) in [6.07, 6.45) is 1.60. The van der Waals surface area contributed by atoms with E-state index in [0.29, 0.717) is 5.69 Å². The van der Waals surface area contributed by atoms with E-state index >= 15 is 0 Å². The Balaban J connectivity index is 2.27. The number of rotatable bonds is 4. The first-order valence-electron chi connectivity index (χ1n) is 5.49. The minimum absolute atomic E-state index is 0.00314. The van der Waals surface area contributed by atoms with Gasteiger partial charge in [-0.25, -0.2) is 0 Å². The maximum Gasteiger partial charge on any atom is 0.189 e. The Labute approximate surface area is 115 Å². The highest BCUT2D eigenvalue weighted by atomic mass is 32.2. The Morgan fingerprint density at radius 3 is 2.68 bits per heavy atom. The van der Waals surface area contributed by atoms with Crippen LogP contribution in [0.15, 0.2) is 57.5 Å². The van der Waals surface area contributed by atoms with Crippen LogP contribution in [-0.2, 0) is 0 Å². The molecule has 2 aromatic rings. The van der Waals surface area contributed by atoms with Gasteiger partial charge in [0.1, 0.15) is 11.4 Å². The number of amidine groups is 1. The summed E-state index contributed by atoms with van der Waals surface area (Å²) in [6, 6.07) is 11.3. The van der Waals surface area contributed by atoms with E-state index in [2.05, 4.69) is 10.1 Å². The SMILES string of the molecule is COc1ccc(Sc2cccnc2/C(N)=N/O)cc1. The minimum Gasteiger partial charge on any atom is -0.497 e. The molecule has 0 spiro atoms. The third-order valence-corrected chi connectivity index (χ3v) is 3.47. The third kappa shape index (κ3) is 3.17. The van der Waals surface area contributed by atoms with E-state index in [1.807, 2.05) is 30.3 Å². The van der Waals surface area contributed by atoms with Crippen LogP contribution in [0.1, 0.15) is 5.69 Å². The second kappa shape index (κ2) is 6.10. The first kappa shape index (κ1) is 13.2. The average Bonchev–Trinajstić information content (AvgIpc) is 2.48. The molecule has 0 saturated heterocycles. The Morgan fingerprint density at radius 1 is 1.32 bits per heavy atom. The number of oxime groups is 1. The van der Waals surface area contributed by atoms with Crippen molar-refractivity contribution in [3.63, 3.8) is 0 Å². The van der Waals surface area contributed by atoms with Crippen LogP contribution < -0.4 is 10.5 Å². The quantitative estimate of drug-likeness (QED) is 0.387. The molecular weight excluding hydrogens is 262 g/mol. The largest absolute Gasteiger partial charge is 0.497 e. The van der Waals surface area contributed by atoms with Crippen LogP contribution in [0.25, 0.3) is 0 Å². The number of methoxy groups -OCH3 is 1. The number of hydrogen-bond donors (Lipinski definition) is 2. The molecule has 5 nitrogen and oxygen atoms in total. The molecule has 1 aromatic heterocycles. The van der Waals surface area contributed by atoms with Crippen LogP contribution in [-0.4, -0.2) is 23.1 Å². The van der Waals surface area contributed by atoms with Crippen molar-refractivity contribution in [3.8, 4) is 5.75 Å². The summed E-state index contributed by atoms with van der Waals surface area (Å²) in [5.41, 5.74) is 6.06. The van der Waals surface area contributed by atoms with Crippen molar-refractivity contribution >= 4 is 17.6 Å². The Morgan fingerprint density at radius 2 is 2.05 bits per heavy atom. The van der Waals surface area contributed by atoms with Gasteiger partial charge in [0.05, 0.1) is 7.11 Å². The van der Waals surface area contributed by atoms with Gasteiger partial charge in [-0.1, -0.05) is 16.9 Å². The summed E-state index contributed by atoms with van der Waals surface area (Å²) in [5, 5.41) is 11.7. The minimum atomic E-state index is -0.00314. The summed E-state index contributed by atoms with van der Waals surface area (Å²) in [5.74, 6) is 0.795. The molecule has 0 unspecified atom stereocenters. The Hall–Kier alpha value is -2.21. The van der Waals surface area contributed by atoms with E-state index in [4.69, 9.17) is 15.7 Å². The molecular formula is C13H13N3O2S. The normalized spacial score (nSPS) is 11.3. The van der Waals surface area contributed by atoms with Gasteiger partial charge in [0, 0.05) is 16.0 Å². The van der Waals surface area contributed by atoms with E-state index in [0.717, 1.165) is 15.5 Å². The van der Waals surface area contributed by atoms with Gasteiger partial charge in [-0.15, -0.1) is 0 Å². The molecule has 0 aliphatic rings. The molecule has 0 atom stereocenters. The number of pyridine rings is 1. The van der Waals surface area contributed by atoms with Crippen molar-refractivity contribution in [3.05, 3.63) is 48.3 Å². The van der Waals surface area contributed by atoms with E-state index in [9.17, 15) is 0 Å². The van der Waals surface area contributed by atoms with Gasteiger partial charge in [-0.3, -0.25) is 4.98 Å². The molecule has 0 aliphatic carbocycles. The molecule has 19 heavy (non-hydrogen) atoms. The zero-order chi connectivity index (χ0) is 13.7. The van der Waals surface area contributed by atoms with Crippen molar-refractivity contribution in [2.24, 2.45) is 10.9 Å². The van der Waals surface area contributed by atoms with Crippen LogP contribution >= 0.6 is 11.8 Å². The van der Waals surface area contributed by atoms with E-state index in [-0.39, 0.29) is 5.84 Å². The standard InChI is InChI=1S/C13H13N3O2S/c1-18-9-4-6-10(7-5-9)19-11-3-2-8-15-12(11)13(14)16-17/h2-8,17H,1H3,(H2,14,16). The molecule has 98 valence electrons. The first-order valence-corrected chi connectivity index (χ1v) is 6.31. The fraction of sp³-hybridized carbons (Fsp3) is 0.0769. The molecule has 3 N–H and O–H groups in total. The van der Waals surface area contributed by atoms with Gasteiger partial charge in [-0.05, 0) is 36.4 Å². The predicted molar refractivity (Wildman–Crippen MR) is 73.9 cm³/mol. The zero-order valence-electron chi connectivity index (χ0n) is 10.3. The van der Waals surface area contributed by atoms with Crippen molar-refractivity contribution in [1.29, 1.82) is 0 Å². The summed E-state index contributed by atoms with van der Waals surface area (Å²) >= 11 is 1.49. The Kier molecular flexibility index (Phi) is 4.25. The molecule has 2 rings (SSSR count). The fourth-order valence-corrected chi connectivity index (χ4v) is 2.41. The lowest BCUT2D eigenvalue weighted by Gasteiger charge is -2.07. The van der Waals surface area contributed by atoms with Gasteiger partial charge >= 0.3 is 0 Å². The maximum atomic E-state index is 8.74. The van der Waals surface area contributed by atoms with Crippen LogP contribution in [0.3, 0.4) is 0 Å². The van der Waals surface area contributed by atoms with Gasteiger partial charge in [-0.2, -0.15) is 0 Å². The topological polar surface area (TPSA) is 80.7 Å². The summed E-state index contributed by atoms with van der Waals surface area (Å²) < 4.78 is 5.10. The Bertz CT molecular complexity index is 585. The summed E-state index contributed by atoms with van der Waals surface area (Å²) in [6.45, 7) is 0. The monoisotopic (exact) mass is 275 g/mol. The molecule has 0 aliphatic heterocycles. The van der Waals surface area contributed by atoms with Gasteiger partial charge in [0.2, 0.25) is 0 Å². The maximum absolute atomic E-state index is 8.74. The predicted octanol–water partition coefficient (Wildman–Crippen LogP) is 2.34. The molecule has 0 saturated carbocycles. The number of hydrogen-bond acceptors (Lipinski definition) is 5. The van der Waals surface area contributed by atoms with Gasteiger partial charge < -0.3 is 15.7 Å². The summed E-state index contributed by atoms with van der Waals surface area (Å²) in [7, 11) is 1.62. The van der Waals surface area contributed by atoms with Crippen molar-refractivity contribution in [2.75, 3.05) is 7.11 Å². The lowest BCUT2D eigenvalue weighted by Crippen LogP contribution is -2.15.